The first kappa shape index (κ1) is 17.4. The Labute approximate surface area is 140 Å². The molecule has 2 rings (SSSR count). The van der Waals surface area contributed by atoms with Gasteiger partial charge in [-0.3, -0.25) is 4.79 Å². The summed E-state index contributed by atoms with van der Waals surface area (Å²) in [5.74, 6) is 0.270. The van der Waals surface area contributed by atoms with E-state index < -0.39 is 11.5 Å². The highest BCUT2D eigenvalue weighted by molar-refractivity contribution is 6.30. The number of aromatic nitrogens is 3. The Kier molecular flexibility index (Phi) is 5.38. The molecule has 1 amide bonds. The van der Waals surface area contributed by atoms with E-state index in [1.807, 2.05) is 13.8 Å². The molecule has 0 unspecified atom stereocenters. The summed E-state index contributed by atoms with van der Waals surface area (Å²) in [6, 6.07) is 7.11. The lowest BCUT2D eigenvalue weighted by Gasteiger charge is -2.24. The van der Waals surface area contributed by atoms with E-state index in [1.54, 1.807) is 35.9 Å². The van der Waals surface area contributed by atoms with Crippen LogP contribution in [0, 0.1) is 6.92 Å². The van der Waals surface area contributed by atoms with Crippen LogP contribution in [0.2, 0.25) is 5.02 Å². The maximum absolute atomic E-state index is 12.2. The van der Waals surface area contributed by atoms with E-state index in [0.717, 1.165) is 5.69 Å². The molecular formula is C16H21ClN4O2. The largest absolute Gasteiger partial charge is 0.388 e. The number of carbonyl (C=O) groups is 1. The molecule has 7 heteroatoms. The Hall–Kier alpha value is -1.92. The zero-order valence-corrected chi connectivity index (χ0v) is 14.3. The molecule has 2 aromatic rings. The Balaban J connectivity index is 2.14. The number of benzene rings is 1. The van der Waals surface area contributed by atoms with Crippen LogP contribution in [0.4, 0.5) is 0 Å². The SMILES string of the molecule is CCC(O)(CC)CNC(=O)c1nc(C)n(-c2ccc(Cl)cc2)n1. The summed E-state index contributed by atoms with van der Waals surface area (Å²) in [7, 11) is 0. The number of amides is 1. The lowest BCUT2D eigenvalue weighted by atomic mass is 9.98. The molecule has 0 aliphatic heterocycles. The molecule has 1 aromatic carbocycles. The summed E-state index contributed by atoms with van der Waals surface area (Å²) in [5.41, 5.74) is -0.124. The Morgan fingerprint density at radius 2 is 1.91 bits per heavy atom. The van der Waals surface area contributed by atoms with Crippen LogP contribution in [0.15, 0.2) is 24.3 Å². The average molecular weight is 337 g/mol. The summed E-state index contributed by atoms with van der Waals surface area (Å²) in [6.45, 7) is 5.71. The fraction of sp³-hybridized carbons (Fsp3) is 0.438. The van der Waals surface area contributed by atoms with Crippen molar-refractivity contribution in [2.45, 2.75) is 39.2 Å². The van der Waals surface area contributed by atoms with Crippen LogP contribution in [0.5, 0.6) is 0 Å². The van der Waals surface area contributed by atoms with Gasteiger partial charge in [0.05, 0.1) is 11.3 Å². The molecule has 0 atom stereocenters. The fourth-order valence-electron chi connectivity index (χ4n) is 2.14. The van der Waals surface area contributed by atoms with Crippen LogP contribution >= 0.6 is 11.6 Å². The third-order valence-electron chi connectivity index (χ3n) is 3.94. The molecular weight excluding hydrogens is 316 g/mol. The number of carbonyl (C=O) groups excluding carboxylic acids is 1. The number of hydrogen-bond donors (Lipinski definition) is 2. The summed E-state index contributed by atoms with van der Waals surface area (Å²) in [6.07, 6.45) is 1.13. The van der Waals surface area contributed by atoms with Gasteiger partial charge in [-0.25, -0.2) is 9.67 Å². The number of halogens is 1. The Morgan fingerprint density at radius 3 is 2.48 bits per heavy atom. The van der Waals surface area contributed by atoms with Gasteiger partial charge in [0.1, 0.15) is 5.82 Å². The van der Waals surface area contributed by atoms with E-state index in [2.05, 4.69) is 15.4 Å². The monoisotopic (exact) mass is 336 g/mol. The minimum absolute atomic E-state index is 0.0759. The van der Waals surface area contributed by atoms with E-state index in [4.69, 9.17) is 11.6 Å². The molecule has 0 fully saturated rings. The highest BCUT2D eigenvalue weighted by Crippen LogP contribution is 2.15. The molecule has 2 N–H and O–H groups in total. The second kappa shape index (κ2) is 7.10. The van der Waals surface area contributed by atoms with Crippen LogP contribution in [-0.4, -0.2) is 37.9 Å². The fourth-order valence-corrected chi connectivity index (χ4v) is 2.26. The van der Waals surface area contributed by atoms with Gasteiger partial charge in [-0.15, -0.1) is 5.10 Å². The molecule has 0 radical (unpaired) electrons. The molecule has 6 nitrogen and oxygen atoms in total. The van der Waals surface area contributed by atoms with Gasteiger partial charge >= 0.3 is 0 Å². The number of nitrogens with zero attached hydrogens (tertiary/aromatic N) is 3. The van der Waals surface area contributed by atoms with Crippen molar-refractivity contribution in [3.05, 3.63) is 40.9 Å². The van der Waals surface area contributed by atoms with Crippen LogP contribution in [-0.2, 0) is 0 Å². The molecule has 0 aliphatic rings. The molecule has 0 aliphatic carbocycles. The van der Waals surface area contributed by atoms with E-state index in [-0.39, 0.29) is 12.4 Å². The lowest BCUT2D eigenvalue weighted by molar-refractivity contribution is 0.0312. The summed E-state index contributed by atoms with van der Waals surface area (Å²) >= 11 is 5.87. The van der Waals surface area contributed by atoms with Gasteiger partial charge < -0.3 is 10.4 Å². The molecule has 0 saturated heterocycles. The normalized spacial score (nSPS) is 11.5. The van der Waals surface area contributed by atoms with Crippen molar-refractivity contribution >= 4 is 17.5 Å². The zero-order valence-electron chi connectivity index (χ0n) is 13.5. The second-order valence-electron chi connectivity index (χ2n) is 5.48. The van der Waals surface area contributed by atoms with E-state index >= 15 is 0 Å². The number of nitrogens with one attached hydrogen (secondary N) is 1. The van der Waals surface area contributed by atoms with E-state index in [9.17, 15) is 9.90 Å². The summed E-state index contributed by atoms with van der Waals surface area (Å²) in [5, 5.41) is 17.8. The second-order valence-corrected chi connectivity index (χ2v) is 5.92. The van der Waals surface area contributed by atoms with Gasteiger partial charge in [0.15, 0.2) is 0 Å². The highest BCUT2D eigenvalue weighted by atomic mass is 35.5. The van der Waals surface area contributed by atoms with Crippen molar-refractivity contribution in [2.24, 2.45) is 0 Å². The van der Waals surface area contributed by atoms with Crippen LogP contribution in [0.1, 0.15) is 43.1 Å². The van der Waals surface area contributed by atoms with Gasteiger partial charge in [-0.05, 0) is 44.0 Å². The predicted octanol–water partition coefficient (Wildman–Crippen LogP) is 2.51. The standard InChI is InChI=1S/C16H21ClN4O2/c1-4-16(23,5-2)10-18-15(22)14-19-11(3)21(20-14)13-8-6-12(17)7-9-13/h6-9,23H,4-5,10H2,1-3H3,(H,18,22). The molecule has 1 aromatic heterocycles. The number of rotatable bonds is 6. The average Bonchev–Trinajstić information content (AvgIpc) is 2.95. The smallest absolute Gasteiger partial charge is 0.291 e. The van der Waals surface area contributed by atoms with Gasteiger partial charge in [0.2, 0.25) is 5.82 Å². The first-order valence-corrected chi connectivity index (χ1v) is 7.96. The third-order valence-corrected chi connectivity index (χ3v) is 4.19. The zero-order chi connectivity index (χ0) is 17.0. The first-order chi connectivity index (χ1) is 10.9. The third kappa shape index (κ3) is 4.09. The van der Waals surface area contributed by atoms with Crippen LogP contribution < -0.4 is 5.32 Å². The number of hydrogen-bond acceptors (Lipinski definition) is 4. The minimum Gasteiger partial charge on any atom is -0.388 e. The highest BCUT2D eigenvalue weighted by Gasteiger charge is 2.24. The number of aryl methyl sites for hydroxylation is 1. The van der Waals surface area contributed by atoms with Crippen molar-refractivity contribution in [2.75, 3.05) is 6.54 Å². The van der Waals surface area contributed by atoms with Crippen molar-refractivity contribution in [1.82, 2.24) is 20.1 Å². The Morgan fingerprint density at radius 1 is 1.30 bits per heavy atom. The topological polar surface area (TPSA) is 80.0 Å². The molecule has 0 spiro atoms. The summed E-state index contributed by atoms with van der Waals surface area (Å²) < 4.78 is 1.58. The minimum atomic E-state index is -0.899. The summed E-state index contributed by atoms with van der Waals surface area (Å²) in [4.78, 5) is 16.4. The van der Waals surface area contributed by atoms with E-state index in [1.165, 1.54) is 0 Å². The lowest BCUT2D eigenvalue weighted by Crippen LogP contribution is -2.42. The van der Waals surface area contributed by atoms with Crippen molar-refractivity contribution in [1.29, 1.82) is 0 Å². The maximum atomic E-state index is 12.2. The quantitative estimate of drug-likeness (QED) is 0.849. The van der Waals surface area contributed by atoms with Crippen molar-refractivity contribution in [3.63, 3.8) is 0 Å². The van der Waals surface area contributed by atoms with Gasteiger partial charge in [0, 0.05) is 11.6 Å². The molecule has 23 heavy (non-hydrogen) atoms. The molecule has 1 heterocycles. The molecule has 0 bridgehead atoms. The van der Waals surface area contributed by atoms with Gasteiger partial charge in [-0.2, -0.15) is 0 Å². The Bertz CT molecular complexity index is 678. The predicted molar refractivity (Wildman–Crippen MR) is 89.0 cm³/mol. The van der Waals surface area contributed by atoms with Crippen LogP contribution in [0.25, 0.3) is 5.69 Å². The maximum Gasteiger partial charge on any atom is 0.291 e. The van der Waals surface area contributed by atoms with E-state index in [0.29, 0.717) is 23.7 Å². The molecule has 124 valence electrons. The van der Waals surface area contributed by atoms with Crippen LogP contribution in [0.3, 0.4) is 0 Å². The van der Waals surface area contributed by atoms with Gasteiger partial charge in [-0.1, -0.05) is 25.4 Å². The first-order valence-electron chi connectivity index (χ1n) is 7.58. The van der Waals surface area contributed by atoms with Crippen molar-refractivity contribution in [3.8, 4) is 5.69 Å². The number of aliphatic hydroxyl groups is 1. The van der Waals surface area contributed by atoms with Crippen molar-refractivity contribution < 1.29 is 9.90 Å². The van der Waals surface area contributed by atoms with Gasteiger partial charge in [0.25, 0.3) is 5.91 Å². The molecule has 0 saturated carbocycles.